The molecule has 0 radical (unpaired) electrons. The van der Waals surface area contributed by atoms with Crippen molar-refractivity contribution >= 4 is 6.03 Å². The Kier molecular flexibility index (Phi) is 6.32. The number of hydrogen-bond donors (Lipinski definition) is 0. The Morgan fingerprint density at radius 2 is 1.62 bits per heavy atom. The number of hydrogen-bond acceptors (Lipinski definition) is 4. The van der Waals surface area contributed by atoms with Crippen molar-refractivity contribution in [2.75, 3.05) is 65.6 Å². The smallest absolute Gasteiger partial charge is 0.320 e. The SMILES string of the molecule is O=C(N1CCOCC1)N1CCN(CCCOc2ccccc2)CC1. The van der Waals surface area contributed by atoms with Gasteiger partial charge in [-0.2, -0.15) is 0 Å². The van der Waals surface area contributed by atoms with Crippen molar-refractivity contribution in [2.24, 2.45) is 0 Å². The van der Waals surface area contributed by atoms with Crippen LogP contribution in [0.4, 0.5) is 4.79 Å². The third-order valence-corrected chi connectivity index (χ3v) is 4.56. The standard InChI is InChI=1S/C18H27N3O3/c22-18(21-12-15-23-16-13-21)20-10-8-19(9-11-20)7-4-14-24-17-5-2-1-3-6-17/h1-3,5-6H,4,7-16H2. The van der Waals surface area contributed by atoms with Crippen LogP contribution in [0.5, 0.6) is 5.75 Å². The fourth-order valence-corrected chi connectivity index (χ4v) is 3.11. The van der Waals surface area contributed by atoms with Crippen molar-refractivity contribution in [2.45, 2.75) is 6.42 Å². The van der Waals surface area contributed by atoms with E-state index in [9.17, 15) is 4.79 Å². The van der Waals surface area contributed by atoms with E-state index in [1.54, 1.807) is 0 Å². The van der Waals surface area contributed by atoms with Crippen LogP contribution in [-0.4, -0.2) is 86.4 Å². The van der Waals surface area contributed by atoms with Crippen molar-refractivity contribution < 1.29 is 14.3 Å². The molecule has 1 aromatic rings. The van der Waals surface area contributed by atoms with E-state index in [-0.39, 0.29) is 6.03 Å². The molecule has 2 amide bonds. The minimum Gasteiger partial charge on any atom is -0.494 e. The first kappa shape index (κ1) is 17.0. The molecule has 0 spiro atoms. The fraction of sp³-hybridized carbons (Fsp3) is 0.611. The molecule has 0 unspecified atom stereocenters. The van der Waals surface area contributed by atoms with Crippen LogP contribution in [0.15, 0.2) is 30.3 Å². The van der Waals surface area contributed by atoms with E-state index in [0.29, 0.717) is 13.2 Å². The summed E-state index contributed by atoms with van der Waals surface area (Å²) in [5, 5.41) is 0. The highest BCUT2D eigenvalue weighted by molar-refractivity contribution is 5.74. The van der Waals surface area contributed by atoms with Gasteiger partial charge >= 0.3 is 6.03 Å². The van der Waals surface area contributed by atoms with Gasteiger partial charge in [-0.3, -0.25) is 4.90 Å². The molecule has 6 nitrogen and oxygen atoms in total. The zero-order valence-corrected chi connectivity index (χ0v) is 14.2. The summed E-state index contributed by atoms with van der Waals surface area (Å²) in [6.07, 6.45) is 1.01. The summed E-state index contributed by atoms with van der Waals surface area (Å²) in [5.41, 5.74) is 0. The van der Waals surface area contributed by atoms with Gasteiger partial charge in [0.15, 0.2) is 0 Å². The van der Waals surface area contributed by atoms with E-state index < -0.39 is 0 Å². The first-order chi connectivity index (χ1) is 11.8. The summed E-state index contributed by atoms with van der Waals surface area (Å²) in [4.78, 5) is 18.7. The third kappa shape index (κ3) is 4.85. The predicted octanol–water partition coefficient (Wildman–Crippen LogP) is 1.53. The normalized spacial score (nSPS) is 19.3. The van der Waals surface area contributed by atoms with E-state index in [0.717, 1.165) is 64.6 Å². The van der Waals surface area contributed by atoms with Crippen molar-refractivity contribution in [3.05, 3.63) is 30.3 Å². The quantitative estimate of drug-likeness (QED) is 0.767. The molecule has 0 saturated carbocycles. The topological polar surface area (TPSA) is 45.2 Å². The molecule has 3 rings (SSSR count). The van der Waals surface area contributed by atoms with E-state index in [4.69, 9.17) is 9.47 Å². The first-order valence-electron chi connectivity index (χ1n) is 8.85. The number of ether oxygens (including phenoxy) is 2. The first-order valence-corrected chi connectivity index (χ1v) is 8.85. The lowest BCUT2D eigenvalue weighted by Gasteiger charge is -2.38. The van der Waals surface area contributed by atoms with Crippen molar-refractivity contribution in [3.8, 4) is 5.75 Å². The van der Waals surface area contributed by atoms with Gasteiger partial charge in [-0.05, 0) is 18.6 Å². The molecular weight excluding hydrogens is 306 g/mol. The number of morpholine rings is 1. The van der Waals surface area contributed by atoms with Crippen LogP contribution < -0.4 is 4.74 Å². The second kappa shape index (κ2) is 8.89. The summed E-state index contributed by atoms with van der Waals surface area (Å²) < 4.78 is 11.0. The molecule has 0 atom stereocenters. The molecule has 0 N–H and O–H groups in total. The summed E-state index contributed by atoms with van der Waals surface area (Å²) >= 11 is 0. The van der Waals surface area contributed by atoms with Gasteiger partial charge in [0.05, 0.1) is 19.8 Å². The Morgan fingerprint density at radius 1 is 0.958 bits per heavy atom. The number of nitrogens with zero attached hydrogens (tertiary/aromatic N) is 3. The summed E-state index contributed by atoms with van der Waals surface area (Å²) in [5.74, 6) is 0.929. The number of urea groups is 1. The number of amides is 2. The van der Waals surface area contributed by atoms with Crippen LogP contribution in [0.2, 0.25) is 0 Å². The monoisotopic (exact) mass is 333 g/mol. The van der Waals surface area contributed by atoms with Gasteiger partial charge in [0.2, 0.25) is 0 Å². The molecule has 0 aromatic heterocycles. The van der Waals surface area contributed by atoms with Gasteiger partial charge in [0.25, 0.3) is 0 Å². The lowest BCUT2D eigenvalue weighted by molar-refractivity contribution is 0.0375. The number of rotatable bonds is 5. The van der Waals surface area contributed by atoms with Crippen molar-refractivity contribution in [3.63, 3.8) is 0 Å². The minimum atomic E-state index is 0.172. The molecule has 132 valence electrons. The van der Waals surface area contributed by atoms with Gasteiger partial charge in [-0.15, -0.1) is 0 Å². The summed E-state index contributed by atoms with van der Waals surface area (Å²) in [7, 11) is 0. The maximum Gasteiger partial charge on any atom is 0.320 e. The molecular formula is C18H27N3O3. The summed E-state index contributed by atoms with van der Waals surface area (Å²) in [6.45, 7) is 8.03. The molecule has 24 heavy (non-hydrogen) atoms. The van der Waals surface area contributed by atoms with Crippen LogP contribution in [-0.2, 0) is 4.74 Å². The maximum atomic E-state index is 12.4. The molecule has 2 heterocycles. The Morgan fingerprint density at radius 3 is 2.33 bits per heavy atom. The second-order valence-corrected chi connectivity index (χ2v) is 6.23. The Hall–Kier alpha value is -1.79. The van der Waals surface area contributed by atoms with E-state index in [1.807, 2.05) is 40.1 Å². The second-order valence-electron chi connectivity index (χ2n) is 6.23. The lowest BCUT2D eigenvalue weighted by Crippen LogP contribution is -2.54. The Bertz CT molecular complexity index is 497. The predicted molar refractivity (Wildman–Crippen MR) is 92.4 cm³/mol. The summed E-state index contributed by atoms with van der Waals surface area (Å²) in [6, 6.07) is 10.1. The highest BCUT2D eigenvalue weighted by Gasteiger charge is 2.26. The highest BCUT2D eigenvalue weighted by atomic mass is 16.5. The average molecular weight is 333 g/mol. The minimum absolute atomic E-state index is 0.172. The molecule has 2 aliphatic heterocycles. The van der Waals surface area contributed by atoms with Crippen LogP contribution in [0.3, 0.4) is 0 Å². The van der Waals surface area contributed by atoms with Gasteiger partial charge < -0.3 is 19.3 Å². The molecule has 0 aliphatic carbocycles. The van der Waals surface area contributed by atoms with Gasteiger partial charge in [0.1, 0.15) is 5.75 Å². The third-order valence-electron chi connectivity index (χ3n) is 4.56. The fourth-order valence-electron chi connectivity index (χ4n) is 3.11. The van der Waals surface area contributed by atoms with Gasteiger partial charge in [-0.1, -0.05) is 18.2 Å². The van der Waals surface area contributed by atoms with Crippen LogP contribution in [0, 0.1) is 0 Å². The average Bonchev–Trinajstić information content (AvgIpc) is 2.67. The zero-order chi connectivity index (χ0) is 16.6. The van der Waals surface area contributed by atoms with Gasteiger partial charge in [-0.25, -0.2) is 4.79 Å². The highest BCUT2D eigenvalue weighted by Crippen LogP contribution is 2.10. The molecule has 1 aromatic carbocycles. The Labute approximate surface area is 143 Å². The molecule has 0 bridgehead atoms. The molecule has 6 heteroatoms. The van der Waals surface area contributed by atoms with Crippen LogP contribution in [0.25, 0.3) is 0 Å². The maximum absolute atomic E-state index is 12.4. The van der Waals surface area contributed by atoms with E-state index in [1.165, 1.54) is 0 Å². The number of benzene rings is 1. The van der Waals surface area contributed by atoms with Gasteiger partial charge in [0, 0.05) is 45.8 Å². The molecule has 2 saturated heterocycles. The van der Waals surface area contributed by atoms with Crippen LogP contribution >= 0.6 is 0 Å². The number of para-hydroxylation sites is 1. The molecule has 2 aliphatic rings. The van der Waals surface area contributed by atoms with Crippen molar-refractivity contribution in [1.29, 1.82) is 0 Å². The van der Waals surface area contributed by atoms with Crippen LogP contribution in [0.1, 0.15) is 6.42 Å². The Balaban J connectivity index is 1.31. The van der Waals surface area contributed by atoms with E-state index >= 15 is 0 Å². The largest absolute Gasteiger partial charge is 0.494 e. The lowest BCUT2D eigenvalue weighted by atomic mass is 10.3. The van der Waals surface area contributed by atoms with Crippen molar-refractivity contribution in [1.82, 2.24) is 14.7 Å². The molecule has 2 fully saturated rings. The zero-order valence-electron chi connectivity index (χ0n) is 14.2. The number of piperazine rings is 1. The number of carbonyl (C=O) groups excluding carboxylic acids is 1. The number of carbonyl (C=O) groups is 1. The van der Waals surface area contributed by atoms with E-state index in [2.05, 4.69) is 4.90 Å².